The van der Waals surface area contributed by atoms with Crippen LogP contribution < -0.4 is 10.2 Å². The SMILES string of the molecule is CCN1C(=O)C(Nc2ccc(N3CCC(C)CC3)cc2)=C(c2ccc(C)cc2C)C1=O. The Morgan fingerprint density at radius 1 is 0.968 bits per heavy atom. The molecular weight excluding hydrogens is 386 g/mol. The predicted octanol–water partition coefficient (Wildman–Crippen LogP) is 4.75. The van der Waals surface area contributed by atoms with Crippen molar-refractivity contribution in [2.45, 2.75) is 40.5 Å². The van der Waals surface area contributed by atoms with Crippen molar-refractivity contribution in [1.29, 1.82) is 0 Å². The van der Waals surface area contributed by atoms with E-state index in [1.54, 1.807) is 0 Å². The van der Waals surface area contributed by atoms with Gasteiger partial charge in [-0.2, -0.15) is 0 Å². The molecule has 1 fully saturated rings. The molecule has 2 heterocycles. The van der Waals surface area contributed by atoms with Gasteiger partial charge in [0.1, 0.15) is 5.70 Å². The van der Waals surface area contributed by atoms with Crippen molar-refractivity contribution in [3.05, 3.63) is 64.9 Å². The maximum Gasteiger partial charge on any atom is 0.278 e. The highest BCUT2D eigenvalue weighted by atomic mass is 16.2. The van der Waals surface area contributed by atoms with Gasteiger partial charge >= 0.3 is 0 Å². The Balaban J connectivity index is 1.64. The van der Waals surface area contributed by atoms with E-state index in [9.17, 15) is 9.59 Å². The lowest BCUT2D eigenvalue weighted by molar-refractivity contribution is -0.136. The Morgan fingerprint density at radius 2 is 1.65 bits per heavy atom. The zero-order valence-corrected chi connectivity index (χ0v) is 18.9. The van der Waals surface area contributed by atoms with Crippen molar-refractivity contribution in [1.82, 2.24) is 4.90 Å². The van der Waals surface area contributed by atoms with E-state index in [2.05, 4.69) is 29.3 Å². The molecule has 0 aromatic heterocycles. The number of carbonyl (C=O) groups is 2. The summed E-state index contributed by atoms with van der Waals surface area (Å²) in [4.78, 5) is 29.8. The van der Waals surface area contributed by atoms with Crippen LogP contribution in [0.15, 0.2) is 48.2 Å². The van der Waals surface area contributed by atoms with Gasteiger partial charge in [0.25, 0.3) is 11.8 Å². The number of imide groups is 1. The number of aryl methyl sites for hydroxylation is 2. The Kier molecular flexibility index (Phi) is 5.86. The highest BCUT2D eigenvalue weighted by Crippen LogP contribution is 2.33. The monoisotopic (exact) mass is 417 g/mol. The van der Waals surface area contributed by atoms with Crippen LogP contribution in [0.3, 0.4) is 0 Å². The van der Waals surface area contributed by atoms with Crippen molar-refractivity contribution in [3.8, 4) is 0 Å². The molecule has 0 bridgehead atoms. The summed E-state index contributed by atoms with van der Waals surface area (Å²) in [6.45, 7) is 10.6. The van der Waals surface area contributed by atoms with E-state index in [1.165, 1.54) is 23.4 Å². The van der Waals surface area contributed by atoms with Gasteiger partial charge in [-0.05, 0) is 74.9 Å². The van der Waals surface area contributed by atoms with E-state index in [4.69, 9.17) is 0 Å². The van der Waals surface area contributed by atoms with Gasteiger partial charge in [-0.15, -0.1) is 0 Å². The molecule has 162 valence electrons. The summed E-state index contributed by atoms with van der Waals surface area (Å²) in [5.74, 6) is 0.290. The van der Waals surface area contributed by atoms with Crippen molar-refractivity contribution >= 4 is 28.8 Å². The van der Waals surface area contributed by atoms with Crippen LogP contribution in [0.4, 0.5) is 11.4 Å². The van der Waals surface area contributed by atoms with Crippen LogP contribution in [-0.4, -0.2) is 36.3 Å². The third-order valence-electron chi connectivity index (χ3n) is 6.42. The number of rotatable bonds is 5. The minimum Gasteiger partial charge on any atom is -0.372 e. The average molecular weight is 418 g/mol. The van der Waals surface area contributed by atoms with Gasteiger partial charge in [-0.25, -0.2) is 0 Å². The molecule has 2 aromatic rings. The van der Waals surface area contributed by atoms with E-state index in [1.807, 2.05) is 51.1 Å². The molecule has 0 aliphatic carbocycles. The van der Waals surface area contributed by atoms with E-state index >= 15 is 0 Å². The van der Waals surface area contributed by atoms with Crippen molar-refractivity contribution in [2.24, 2.45) is 5.92 Å². The van der Waals surface area contributed by atoms with Crippen LogP contribution in [0, 0.1) is 19.8 Å². The lowest BCUT2D eigenvalue weighted by Gasteiger charge is -2.32. The first-order chi connectivity index (χ1) is 14.9. The summed E-state index contributed by atoms with van der Waals surface area (Å²) in [6, 6.07) is 14.1. The third kappa shape index (κ3) is 4.09. The molecule has 4 rings (SSSR count). The first-order valence-electron chi connectivity index (χ1n) is 11.2. The average Bonchev–Trinajstić information content (AvgIpc) is 2.98. The number of likely N-dealkylation sites (N-methyl/N-ethyl adjacent to an activating group) is 1. The summed E-state index contributed by atoms with van der Waals surface area (Å²) >= 11 is 0. The van der Waals surface area contributed by atoms with E-state index < -0.39 is 0 Å². The number of nitrogens with one attached hydrogen (secondary N) is 1. The molecule has 0 spiro atoms. The zero-order chi connectivity index (χ0) is 22.1. The first kappa shape index (κ1) is 21.2. The smallest absolute Gasteiger partial charge is 0.278 e. The molecule has 1 saturated heterocycles. The summed E-state index contributed by atoms with van der Waals surface area (Å²) in [5.41, 5.74) is 5.75. The van der Waals surface area contributed by atoms with Crippen LogP contribution >= 0.6 is 0 Å². The van der Waals surface area contributed by atoms with Crippen molar-refractivity contribution in [2.75, 3.05) is 29.9 Å². The molecule has 5 nitrogen and oxygen atoms in total. The van der Waals surface area contributed by atoms with E-state index in [0.717, 1.165) is 41.4 Å². The maximum atomic E-state index is 13.1. The molecule has 2 amide bonds. The third-order valence-corrected chi connectivity index (χ3v) is 6.42. The standard InChI is InChI=1S/C26H31N3O2/c1-5-29-25(30)23(22-11-6-18(3)16-19(22)4)24(26(29)31)27-20-7-9-21(10-8-20)28-14-12-17(2)13-15-28/h6-11,16-17,27H,5,12-15H2,1-4H3. The summed E-state index contributed by atoms with van der Waals surface area (Å²) < 4.78 is 0. The number of amides is 2. The van der Waals surface area contributed by atoms with Gasteiger partial charge in [0.15, 0.2) is 0 Å². The van der Waals surface area contributed by atoms with Gasteiger partial charge in [-0.1, -0.05) is 30.7 Å². The molecular formula is C26H31N3O2. The normalized spacial score (nSPS) is 17.7. The summed E-state index contributed by atoms with van der Waals surface area (Å²) in [6.07, 6.45) is 2.44. The van der Waals surface area contributed by atoms with E-state index in [-0.39, 0.29) is 11.8 Å². The molecule has 0 radical (unpaired) electrons. The molecule has 0 atom stereocenters. The minimum absolute atomic E-state index is 0.235. The van der Waals surface area contributed by atoms with Crippen LogP contribution in [0.2, 0.25) is 0 Å². The molecule has 0 saturated carbocycles. The second-order valence-corrected chi connectivity index (χ2v) is 8.76. The van der Waals surface area contributed by atoms with Crippen molar-refractivity contribution < 1.29 is 9.59 Å². The number of hydrogen-bond acceptors (Lipinski definition) is 4. The van der Waals surface area contributed by atoms with Gasteiger partial charge in [0, 0.05) is 31.0 Å². The van der Waals surface area contributed by atoms with Gasteiger partial charge in [-0.3, -0.25) is 14.5 Å². The fourth-order valence-electron chi connectivity index (χ4n) is 4.49. The van der Waals surface area contributed by atoms with Crippen LogP contribution in [-0.2, 0) is 9.59 Å². The zero-order valence-electron chi connectivity index (χ0n) is 18.9. The van der Waals surface area contributed by atoms with Gasteiger partial charge < -0.3 is 10.2 Å². The molecule has 5 heteroatoms. The first-order valence-corrected chi connectivity index (χ1v) is 11.2. The number of piperidine rings is 1. The molecule has 2 aliphatic rings. The van der Waals surface area contributed by atoms with Crippen LogP contribution in [0.5, 0.6) is 0 Å². The fraction of sp³-hybridized carbons (Fsp3) is 0.385. The Bertz CT molecular complexity index is 1030. The quantitative estimate of drug-likeness (QED) is 0.713. The largest absolute Gasteiger partial charge is 0.372 e. The number of hydrogen-bond donors (Lipinski definition) is 1. The van der Waals surface area contributed by atoms with Crippen LogP contribution in [0.1, 0.15) is 43.4 Å². The van der Waals surface area contributed by atoms with E-state index in [0.29, 0.717) is 17.8 Å². The number of anilines is 2. The molecule has 2 aliphatic heterocycles. The summed E-state index contributed by atoms with van der Waals surface area (Å²) in [7, 11) is 0. The minimum atomic E-state index is -0.267. The lowest BCUT2D eigenvalue weighted by Crippen LogP contribution is -2.32. The molecule has 0 unspecified atom stereocenters. The maximum absolute atomic E-state index is 13.1. The highest BCUT2D eigenvalue weighted by molar-refractivity contribution is 6.36. The molecule has 2 aromatic carbocycles. The Morgan fingerprint density at radius 3 is 2.26 bits per heavy atom. The lowest BCUT2D eigenvalue weighted by atomic mass is 9.97. The Labute approximate surface area is 184 Å². The number of carbonyl (C=O) groups excluding carboxylic acids is 2. The van der Waals surface area contributed by atoms with Gasteiger partial charge in [0.05, 0.1) is 5.57 Å². The van der Waals surface area contributed by atoms with Crippen molar-refractivity contribution in [3.63, 3.8) is 0 Å². The van der Waals surface area contributed by atoms with Crippen LogP contribution in [0.25, 0.3) is 5.57 Å². The molecule has 1 N–H and O–H groups in total. The molecule has 31 heavy (non-hydrogen) atoms. The van der Waals surface area contributed by atoms with Gasteiger partial charge in [0.2, 0.25) is 0 Å². The topological polar surface area (TPSA) is 52.7 Å². The summed E-state index contributed by atoms with van der Waals surface area (Å²) in [5, 5.41) is 3.26. The second-order valence-electron chi connectivity index (χ2n) is 8.76. The fourth-order valence-corrected chi connectivity index (χ4v) is 4.49. The number of benzene rings is 2. The highest BCUT2D eigenvalue weighted by Gasteiger charge is 2.38. The Hall–Kier alpha value is -3.08. The predicted molar refractivity (Wildman–Crippen MR) is 126 cm³/mol. The second kappa shape index (κ2) is 8.58. The number of nitrogens with zero attached hydrogens (tertiary/aromatic N) is 2.